The van der Waals surface area contributed by atoms with Crippen LogP contribution in [0.2, 0.25) is 5.15 Å². The summed E-state index contributed by atoms with van der Waals surface area (Å²) in [6.07, 6.45) is 0.514. The van der Waals surface area contributed by atoms with Crippen molar-refractivity contribution in [3.05, 3.63) is 70.4 Å². The van der Waals surface area contributed by atoms with Crippen LogP contribution in [-0.2, 0) is 14.8 Å². The molecule has 0 spiro atoms. The number of rotatable bonds is 8. The van der Waals surface area contributed by atoms with E-state index in [1.54, 1.807) is 31.7 Å². The maximum Gasteiger partial charge on any atom is 0.410 e. The lowest BCUT2D eigenvalue weighted by atomic mass is 9.79. The van der Waals surface area contributed by atoms with Crippen LogP contribution in [0.4, 0.5) is 10.7 Å². The highest BCUT2D eigenvalue weighted by Gasteiger charge is 2.37. The van der Waals surface area contributed by atoms with Crippen molar-refractivity contribution in [3.63, 3.8) is 0 Å². The van der Waals surface area contributed by atoms with Crippen LogP contribution in [0, 0.1) is 19.3 Å². The maximum absolute atomic E-state index is 13.3. The van der Waals surface area contributed by atoms with E-state index in [9.17, 15) is 23.1 Å². The minimum atomic E-state index is -4.19. The molecule has 1 saturated heterocycles. The molecule has 0 radical (unpaired) electrons. The van der Waals surface area contributed by atoms with Crippen molar-refractivity contribution in [1.82, 2.24) is 20.2 Å². The number of nitrogens with one attached hydrogen (secondary N) is 2. The van der Waals surface area contributed by atoms with Gasteiger partial charge in [-0.3, -0.25) is 4.79 Å². The van der Waals surface area contributed by atoms with E-state index in [1.165, 1.54) is 24.3 Å². The molecule has 2 aromatic carbocycles. The Kier molecular flexibility index (Phi) is 9.86. The molecule has 1 aliphatic heterocycles. The maximum atomic E-state index is 13.3. The fourth-order valence-electron chi connectivity index (χ4n) is 5.04. The molecular weight excluding hydrogens is 606 g/mol. The molecule has 0 bridgehead atoms. The molecule has 2 heterocycles. The Hall–Kier alpha value is -3.74. The van der Waals surface area contributed by atoms with Crippen molar-refractivity contribution in [2.45, 2.75) is 58.0 Å². The van der Waals surface area contributed by atoms with E-state index in [-0.39, 0.29) is 34.7 Å². The van der Waals surface area contributed by atoms with E-state index in [0.29, 0.717) is 31.6 Å². The molecule has 1 aromatic heterocycles. The molecule has 4 rings (SSSR count). The number of amides is 2. The highest BCUT2D eigenvalue weighted by atomic mass is 35.5. The molecule has 1 fully saturated rings. The van der Waals surface area contributed by atoms with Gasteiger partial charge in [-0.1, -0.05) is 35.9 Å². The van der Waals surface area contributed by atoms with Crippen molar-refractivity contribution in [1.29, 1.82) is 0 Å². The van der Waals surface area contributed by atoms with Gasteiger partial charge in [0.15, 0.2) is 0 Å². The fourth-order valence-corrected chi connectivity index (χ4v) is 6.22. The van der Waals surface area contributed by atoms with Crippen LogP contribution in [0.1, 0.15) is 55.1 Å². The van der Waals surface area contributed by atoms with Crippen molar-refractivity contribution >= 4 is 39.6 Å². The van der Waals surface area contributed by atoms with E-state index < -0.39 is 33.0 Å². The van der Waals surface area contributed by atoms with Gasteiger partial charge in [-0.2, -0.15) is 0 Å². The zero-order valence-corrected chi connectivity index (χ0v) is 27.1. The number of aromatic nitrogens is 2. The predicted octanol–water partition coefficient (Wildman–Crippen LogP) is 4.95. The van der Waals surface area contributed by atoms with Gasteiger partial charge < -0.3 is 20.1 Å². The summed E-state index contributed by atoms with van der Waals surface area (Å²) in [5, 5.41) is 13.1. The minimum absolute atomic E-state index is 0.0678. The van der Waals surface area contributed by atoms with Crippen LogP contribution < -0.4 is 10.0 Å². The second kappa shape index (κ2) is 13.1. The highest BCUT2D eigenvalue weighted by molar-refractivity contribution is 7.92. The summed E-state index contributed by atoms with van der Waals surface area (Å²) in [4.78, 5) is 35.4. The van der Waals surface area contributed by atoms with Gasteiger partial charge in [0.25, 0.3) is 15.9 Å². The number of anilines is 1. The lowest BCUT2D eigenvalue weighted by Crippen LogP contribution is -2.50. The molecule has 13 heteroatoms. The molecule has 0 unspecified atom stereocenters. The first-order chi connectivity index (χ1) is 20.6. The molecule has 2 amide bonds. The first-order valence-electron chi connectivity index (χ1n) is 14.2. The van der Waals surface area contributed by atoms with E-state index in [4.69, 9.17) is 16.3 Å². The number of aliphatic hydroxyl groups excluding tert-OH is 1. The first kappa shape index (κ1) is 33.2. The lowest BCUT2D eigenvalue weighted by molar-refractivity contribution is -0.0000395. The molecule has 0 saturated carbocycles. The molecule has 1 aliphatic rings. The third kappa shape index (κ3) is 8.04. The summed E-state index contributed by atoms with van der Waals surface area (Å²) in [6.45, 7) is 9.97. The Bertz CT molecular complexity index is 1630. The van der Waals surface area contributed by atoms with Crippen molar-refractivity contribution in [2.24, 2.45) is 5.41 Å². The van der Waals surface area contributed by atoms with Gasteiger partial charge in [0, 0.05) is 42.2 Å². The van der Waals surface area contributed by atoms with Crippen LogP contribution in [-0.4, -0.2) is 72.2 Å². The fraction of sp³-hybridized carbons (Fsp3) is 0.419. The van der Waals surface area contributed by atoms with Gasteiger partial charge in [0.1, 0.15) is 10.8 Å². The van der Waals surface area contributed by atoms with Gasteiger partial charge in [-0.15, -0.1) is 0 Å². The normalized spacial score (nSPS) is 15.0. The van der Waals surface area contributed by atoms with Crippen LogP contribution >= 0.6 is 11.6 Å². The number of hydrogen-bond acceptors (Lipinski definition) is 8. The number of nitrogens with zero attached hydrogens (tertiary/aromatic N) is 3. The summed E-state index contributed by atoms with van der Waals surface area (Å²) < 4.78 is 34.4. The predicted molar refractivity (Wildman–Crippen MR) is 168 cm³/mol. The zero-order chi connectivity index (χ0) is 32.3. The van der Waals surface area contributed by atoms with Gasteiger partial charge in [0.05, 0.1) is 17.2 Å². The van der Waals surface area contributed by atoms with Crippen LogP contribution in [0.5, 0.6) is 0 Å². The monoisotopic (exact) mass is 643 g/mol. The summed E-state index contributed by atoms with van der Waals surface area (Å²) in [6, 6.07) is 12.9. The number of benzene rings is 2. The number of aliphatic hydroxyl groups is 1. The van der Waals surface area contributed by atoms with Crippen molar-refractivity contribution < 1.29 is 27.9 Å². The number of ether oxygens (including phenoxy) is 1. The van der Waals surface area contributed by atoms with Crippen LogP contribution in [0.3, 0.4) is 0 Å². The number of halogens is 1. The summed E-state index contributed by atoms with van der Waals surface area (Å²) in [7, 11) is -4.19. The van der Waals surface area contributed by atoms with Gasteiger partial charge in [0.2, 0.25) is 5.95 Å². The Labute approximate surface area is 263 Å². The third-order valence-electron chi connectivity index (χ3n) is 7.50. The Morgan fingerprint density at radius 1 is 1.05 bits per heavy atom. The number of sulfonamides is 1. The van der Waals surface area contributed by atoms with E-state index >= 15 is 0 Å². The number of hydrogen-bond donors (Lipinski definition) is 3. The minimum Gasteiger partial charge on any atom is -0.444 e. The Morgan fingerprint density at radius 3 is 2.30 bits per heavy atom. The third-order valence-corrected chi connectivity index (χ3v) is 9.02. The Morgan fingerprint density at radius 2 is 1.68 bits per heavy atom. The zero-order valence-electron chi connectivity index (χ0n) is 25.5. The summed E-state index contributed by atoms with van der Waals surface area (Å²) in [5.74, 6) is -0.701. The van der Waals surface area contributed by atoms with Crippen LogP contribution in [0.15, 0.2) is 53.4 Å². The molecule has 0 aliphatic carbocycles. The number of likely N-dealkylation sites (tertiary alicyclic amines) is 1. The second-order valence-corrected chi connectivity index (χ2v) is 14.2. The molecule has 11 nitrogen and oxygen atoms in total. The molecule has 0 atom stereocenters. The van der Waals surface area contributed by atoms with Gasteiger partial charge >= 0.3 is 6.09 Å². The van der Waals surface area contributed by atoms with Crippen LogP contribution in [0.25, 0.3) is 11.3 Å². The van der Waals surface area contributed by atoms with Crippen molar-refractivity contribution in [2.75, 3.05) is 31.0 Å². The van der Waals surface area contributed by atoms with Gasteiger partial charge in [-0.25, -0.2) is 27.9 Å². The van der Waals surface area contributed by atoms with Crippen molar-refractivity contribution in [3.8, 4) is 11.3 Å². The average Bonchev–Trinajstić information content (AvgIpc) is 2.95. The number of carbonyl (C=O) groups is 2. The van der Waals surface area contributed by atoms with Gasteiger partial charge in [-0.05, 0) is 76.8 Å². The van der Waals surface area contributed by atoms with E-state index in [0.717, 1.165) is 16.7 Å². The molecular formula is C31H38ClN5O6S. The standard InChI is InChI=1S/C31H38ClN5O6S/c1-20-8-6-9-21(2)26(20)24-17-25(32)35-28(34-24)36-44(41,42)23-11-7-10-22(16-23)27(39)33-18-31(19-38)12-14-37(15-13-31)29(40)43-30(3,4)5/h6-11,16-17,38H,12-15,18-19H2,1-5H3,(H,33,39)(H,34,35,36). The summed E-state index contributed by atoms with van der Waals surface area (Å²) >= 11 is 6.23. The SMILES string of the molecule is Cc1cccc(C)c1-c1cc(Cl)nc(NS(=O)(=O)c2cccc(C(=O)NCC3(CO)CCN(C(=O)OC(C)(C)C)CC3)c2)n1. The summed E-state index contributed by atoms with van der Waals surface area (Å²) in [5.41, 5.74) is 2.08. The number of carbonyl (C=O) groups excluding carboxylic acids is 2. The highest BCUT2D eigenvalue weighted by Crippen LogP contribution is 2.32. The average molecular weight is 644 g/mol. The first-order valence-corrected chi connectivity index (χ1v) is 16.1. The van der Waals surface area contributed by atoms with E-state index in [1.807, 2.05) is 32.0 Å². The largest absolute Gasteiger partial charge is 0.444 e. The lowest BCUT2D eigenvalue weighted by Gasteiger charge is -2.41. The Balaban J connectivity index is 1.44. The quantitative estimate of drug-likeness (QED) is 0.292. The molecule has 44 heavy (non-hydrogen) atoms. The molecule has 3 aromatic rings. The number of aryl methyl sites for hydroxylation is 2. The molecule has 236 valence electrons. The molecule has 3 N–H and O–H groups in total. The number of piperidine rings is 1. The van der Waals surface area contributed by atoms with E-state index in [2.05, 4.69) is 20.0 Å². The second-order valence-electron chi connectivity index (χ2n) is 12.1. The topological polar surface area (TPSA) is 151 Å². The smallest absolute Gasteiger partial charge is 0.410 e.